The maximum atomic E-state index is 12.8. The van der Waals surface area contributed by atoms with E-state index in [-0.39, 0.29) is 30.1 Å². The molecule has 0 saturated carbocycles. The largest absolute Gasteiger partial charge is 0.490 e. The van der Waals surface area contributed by atoms with E-state index >= 15 is 0 Å². The molecule has 0 spiro atoms. The summed E-state index contributed by atoms with van der Waals surface area (Å²) in [7, 11) is 0. The fourth-order valence-corrected chi connectivity index (χ4v) is 4.13. The van der Waals surface area contributed by atoms with Crippen molar-refractivity contribution in [2.75, 3.05) is 26.4 Å². The molecule has 1 fully saturated rings. The summed E-state index contributed by atoms with van der Waals surface area (Å²) in [5, 5.41) is 2.54. The van der Waals surface area contributed by atoms with E-state index in [1.807, 2.05) is 34.6 Å². The van der Waals surface area contributed by atoms with Gasteiger partial charge in [-0.2, -0.15) is 0 Å². The minimum Gasteiger partial charge on any atom is -0.490 e. The molecule has 190 valence electrons. The van der Waals surface area contributed by atoms with Crippen molar-refractivity contribution in [2.24, 2.45) is 0 Å². The van der Waals surface area contributed by atoms with E-state index in [2.05, 4.69) is 5.32 Å². The number of hydrogen-bond acceptors (Lipinski definition) is 7. The molecule has 1 aromatic rings. The van der Waals surface area contributed by atoms with Gasteiger partial charge in [0, 0.05) is 17.6 Å². The normalized spacial score (nSPS) is 18.6. The highest BCUT2D eigenvalue weighted by Crippen LogP contribution is 2.39. The summed E-state index contributed by atoms with van der Waals surface area (Å²) in [4.78, 5) is 39.7. The Balaban J connectivity index is 2.02. The third kappa shape index (κ3) is 7.01. The van der Waals surface area contributed by atoms with Gasteiger partial charge in [0.1, 0.15) is 6.54 Å². The van der Waals surface area contributed by atoms with Crippen LogP contribution in [-0.4, -0.2) is 67.2 Å². The summed E-state index contributed by atoms with van der Waals surface area (Å²) in [6.45, 7) is 11.9. The zero-order valence-corrected chi connectivity index (χ0v) is 21.1. The first-order valence-electron chi connectivity index (χ1n) is 12.1. The van der Waals surface area contributed by atoms with Crippen LogP contribution in [0.25, 0.3) is 0 Å². The number of carbonyl (C=O) groups is 3. The van der Waals surface area contributed by atoms with Crippen molar-refractivity contribution >= 4 is 17.8 Å². The summed E-state index contributed by atoms with van der Waals surface area (Å²) in [6.07, 6.45) is 2.02. The van der Waals surface area contributed by atoms with Gasteiger partial charge in [-0.1, -0.05) is 0 Å². The molecule has 1 aromatic carbocycles. The first kappa shape index (κ1) is 27.3. The quantitative estimate of drug-likeness (QED) is 0.487. The van der Waals surface area contributed by atoms with E-state index in [0.29, 0.717) is 37.1 Å². The van der Waals surface area contributed by atoms with Crippen molar-refractivity contribution in [1.82, 2.24) is 10.2 Å². The maximum absolute atomic E-state index is 12.8. The molecule has 0 aromatic heterocycles. The van der Waals surface area contributed by atoms with Crippen LogP contribution < -0.4 is 19.5 Å². The van der Waals surface area contributed by atoms with Crippen LogP contribution in [-0.2, 0) is 14.3 Å². The number of rotatable bonds is 11. The third-order valence-corrected chi connectivity index (χ3v) is 5.67. The monoisotopic (exact) mass is 478 g/mol. The van der Waals surface area contributed by atoms with Crippen LogP contribution >= 0.6 is 0 Å². The van der Waals surface area contributed by atoms with Gasteiger partial charge < -0.3 is 29.2 Å². The van der Waals surface area contributed by atoms with Crippen molar-refractivity contribution < 1.29 is 33.3 Å². The van der Waals surface area contributed by atoms with Gasteiger partial charge in [-0.05, 0) is 72.9 Å². The number of nitrogens with one attached hydrogen (secondary N) is 1. The van der Waals surface area contributed by atoms with E-state index < -0.39 is 18.0 Å². The molecular weight excluding hydrogens is 440 g/mol. The molecule has 0 radical (unpaired) electrons. The number of benzene rings is 1. The Labute approximate surface area is 202 Å². The van der Waals surface area contributed by atoms with Crippen molar-refractivity contribution in [3.05, 3.63) is 17.7 Å². The second kappa shape index (κ2) is 13.1. The second-order valence-corrected chi connectivity index (χ2v) is 8.29. The van der Waals surface area contributed by atoms with Gasteiger partial charge in [0.25, 0.3) is 11.8 Å². The van der Waals surface area contributed by atoms with E-state index in [1.54, 1.807) is 24.0 Å². The summed E-state index contributed by atoms with van der Waals surface area (Å²) < 4.78 is 22.2. The van der Waals surface area contributed by atoms with Gasteiger partial charge in [0.05, 0.1) is 19.8 Å². The highest BCUT2D eigenvalue weighted by molar-refractivity contribution is 5.97. The molecule has 2 rings (SSSR count). The van der Waals surface area contributed by atoms with Crippen molar-refractivity contribution in [1.29, 1.82) is 0 Å². The van der Waals surface area contributed by atoms with Gasteiger partial charge in [0.15, 0.2) is 17.6 Å². The smallest absolute Gasteiger partial charge is 0.326 e. The van der Waals surface area contributed by atoms with Crippen LogP contribution in [0.4, 0.5) is 0 Å². The van der Waals surface area contributed by atoms with Gasteiger partial charge in [-0.25, -0.2) is 0 Å². The molecule has 0 unspecified atom stereocenters. The maximum Gasteiger partial charge on any atom is 0.326 e. The van der Waals surface area contributed by atoms with Crippen LogP contribution in [0.2, 0.25) is 0 Å². The molecule has 0 aliphatic carbocycles. The Morgan fingerprint density at radius 1 is 0.971 bits per heavy atom. The number of piperidine rings is 1. The fourth-order valence-electron chi connectivity index (χ4n) is 4.13. The molecule has 2 amide bonds. The first-order chi connectivity index (χ1) is 16.2. The average Bonchev–Trinajstić information content (AvgIpc) is 2.79. The number of nitrogens with zero attached hydrogens (tertiary/aromatic N) is 1. The molecule has 1 N–H and O–H groups in total. The van der Waals surface area contributed by atoms with E-state index in [1.165, 1.54) is 0 Å². The molecule has 1 aliphatic rings. The molecule has 9 heteroatoms. The number of ether oxygens (including phenoxy) is 4. The van der Waals surface area contributed by atoms with Crippen LogP contribution in [0, 0.1) is 0 Å². The number of likely N-dealkylation sites (tertiary alicyclic amines) is 1. The molecule has 3 atom stereocenters. The van der Waals surface area contributed by atoms with Crippen molar-refractivity contribution in [2.45, 2.75) is 79.0 Å². The summed E-state index contributed by atoms with van der Waals surface area (Å²) in [5.74, 6) is -0.213. The predicted molar refractivity (Wildman–Crippen MR) is 127 cm³/mol. The Bertz CT molecular complexity index is 821. The molecule has 1 saturated heterocycles. The van der Waals surface area contributed by atoms with Crippen LogP contribution in [0.15, 0.2) is 12.1 Å². The van der Waals surface area contributed by atoms with Gasteiger partial charge in [-0.3, -0.25) is 14.4 Å². The Morgan fingerprint density at radius 2 is 1.50 bits per heavy atom. The lowest BCUT2D eigenvalue weighted by Crippen LogP contribution is -2.51. The predicted octanol–water partition coefficient (Wildman–Crippen LogP) is 3.33. The lowest BCUT2D eigenvalue weighted by molar-refractivity contribution is -0.161. The first-order valence-corrected chi connectivity index (χ1v) is 12.1. The van der Waals surface area contributed by atoms with Gasteiger partial charge >= 0.3 is 5.97 Å². The highest BCUT2D eigenvalue weighted by Gasteiger charge is 2.33. The zero-order chi connectivity index (χ0) is 25.3. The second-order valence-electron chi connectivity index (χ2n) is 8.29. The zero-order valence-electron chi connectivity index (χ0n) is 21.1. The summed E-state index contributed by atoms with van der Waals surface area (Å²) in [6, 6.07) is 3.30. The van der Waals surface area contributed by atoms with E-state index in [0.717, 1.165) is 19.3 Å². The Hall–Kier alpha value is -2.97. The van der Waals surface area contributed by atoms with Crippen LogP contribution in [0.3, 0.4) is 0 Å². The van der Waals surface area contributed by atoms with Crippen molar-refractivity contribution in [3.8, 4) is 17.2 Å². The average molecular weight is 479 g/mol. The molecule has 34 heavy (non-hydrogen) atoms. The van der Waals surface area contributed by atoms with Gasteiger partial charge in [0.2, 0.25) is 5.75 Å². The highest BCUT2D eigenvalue weighted by atomic mass is 16.6. The number of amides is 2. The van der Waals surface area contributed by atoms with E-state index in [4.69, 9.17) is 18.9 Å². The SMILES string of the molecule is CCOc1cc(C(=O)NCC(=O)O[C@@H](C)C(=O)N2[C@@H](C)CCC[C@@H]2C)cc(OCC)c1OCC. The topological polar surface area (TPSA) is 103 Å². The third-order valence-electron chi connectivity index (χ3n) is 5.67. The minimum atomic E-state index is -0.924. The van der Waals surface area contributed by atoms with Crippen molar-refractivity contribution in [3.63, 3.8) is 0 Å². The molecule has 1 aliphatic heterocycles. The lowest BCUT2D eigenvalue weighted by atomic mass is 9.97. The molecule has 9 nitrogen and oxygen atoms in total. The minimum absolute atomic E-state index is 0.107. The lowest BCUT2D eigenvalue weighted by Gasteiger charge is -2.40. The Morgan fingerprint density at radius 3 is 2.00 bits per heavy atom. The molecule has 1 heterocycles. The fraction of sp³-hybridized carbons (Fsp3) is 0.640. The van der Waals surface area contributed by atoms with Crippen LogP contribution in [0.5, 0.6) is 17.2 Å². The van der Waals surface area contributed by atoms with Crippen LogP contribution in [0.1, 0.15) is 71.2 Å². The summed E-state index contributed by atoms with van der Waals surface area (Å²) in [5.41, 5.74) is 0.253. The molecule has 0 bridgehead atoms. The van der Waals surface area contributed by atoms with Gasteiger partial charge in [-0.15, -0.1) is 0 Å². The number of hydrogen-bond donors (Lipinski definition) is 1. The number of carbonyl (C=O) groups excluding carboxylic acids is 3. The summed E-state index contributed by atoms with van der Waals surface area (Å²) >= 11 is 0. The standard InChI is InChI=1S/C25H38N2O7/c1-7-31-20-13-19(14-21(32-8-2)23(20)33-9-3)24(29)26-15-22(28)34-18(6)25(30)27-16(4)11-10-12-17(27)5/h13-14,16-18H,7-12,15H2,1-6H3,(H,26,29)/t16-,17-,18-/m0/s1. The Kier molecular flexibility index (Phi) is 10.5. The molecular formula is C25H38N2O7. The van der Waals surface area contributed by atoms with E-state index in [9.17, 15) is 14.4 Å². The number of esters is 1.